The van der Waals surface area contributed by atoms with Crippen LogP contribution in [0.15, 0.2) is 11.6 Å². The van der Waals surface area contributed by atoms with Crippen molar-refractivity contribution in [3.8, 4) is 0 Å². The van der Waals surface area contributed by atoms with Crippen molar-refractivity contribution in [2.24, 2.45) is 5.73 Å². The molecule has 1 atom stereocenters. The van der Waals surface area contributed by atoms with E-state index in [1.54, 1.807) is 17.5 Å². The van der Waals surface area contributed by atoms with Crippen molar-refractivity contribution in [2.75, 3.05) is 0 Å². The third kappa shape index (κ3) is 2.74. The third-order valence-corrected chi connectivity index (χ3v) is 3.84. The van der Waals surface area contributed by atoms with Gasteiger partial charge in [-0.15, -0.1) is 11.3 Å². The lowest BCUT2D eigenvalue weighted by molar-refractivity contribution is 0.484. The van der Waals surface area contributed by atoms with E-state index in [0.29, 0.717) is 11.4 Å². The fourth-order valence-corrected chi connectivity index (χ4v) is 2.83. The Hall–Kier alpha value is -0.910. The first-order valence-electron chi connectivity index (χ1n) is 5.88. The molecule has 0 spiro atoms. The van der Waals surface area contributed by atoms with Gasteiger partial charge in [0.2, 0.25) is 0 Å². The van der Waals surface area contributed by atoms with E-state index in [1.807, 2.05) is 17.0 Å². The van der Waals surface area contributed by atoms with Gasteiger partial charge < -0.3 is 5.73 Å². The summed E-state index contributed by atoms with van der Waals surface area (Å²) in [6.45, 7) is 6.12. The lowest BCUT2D eigenvalue weighted by Crippen LogP contribution is -2.20. The molecule has 2 heterocycles. The Kier molecular flexibility index (Phi) is 4.04. The lowest BCUT2D eigenvalue weighted by Gasteiger charge is -2.16. The quantitative estimate of drug-likeness (QED) is 0.938. The minimum atomic E-state index is -0.177. The summed E-state index contributed by atoms with van der Waals surface area (Å²) >= 11 is 7.81. The molecule has 0 amide bonds. The molecule has 0 fully saturated rings. The van der Waals surface area contributed by atoms with Crippen molar-refractivity contribution in [2.45, 2.75) is 39.3 Å². The summed E-state index contributed by atoms with van der Waals surface area (Å²) in [5.41, 5.74) is 8.14. The second-order valence-electron chi connectivity index (χ2n) is 4.58. The fourth-order valence-electron chi connectivity index (χ4n) is 1.93. The molecule has 2 rings (SSSR count). The van der Waals surface area contributed by atoms with E-state index >= 15 is 0 Å². The SMILES string of the molecule is Cc1nc(CC(N)c2c(Cl)cnn2C(C)C)cs1. The monoisotopic (exact) mass is 284 g/mol. The van der Waals surface area contributed by atoms with E-state index in [2.05, 4.69) is 23.9 Å². The zero-order chi connectivity index (χ0) is 13.3. The molecule has 0 saturated heterocycles. The maximum atomic E-state index is 6.24. The summed E-state index contributed by atoms with van der Waals surface area (Å²) in [6.07, 6.45) is 2.34. The zero-order valence-corrected chi connectivity index (χ0v) is 12.3. The number of aromatic nitrogens is 3. The van der Waals surface area contributed by atoms with E-state index in [4.69, 9.17) is 17.3 Å². The lowest BCUT2D eigenvalue weighted by atomic mass is 10.1. The van der Waals surface area contributed by atoms with Crippen molar-refractivity contribution in [3.63, 3.8) is 0 Å². The summed E-state index contributed by atoms with van der Waals surface area (Å²) < 4.78 is 1.88. The van der Waals surface area contributed by atoms with Gasteiger partial charge in [-0.3, -0.25) is 4.68 Å². The van der Waals surface area contributed by atoms with Crippen molar-refractivity contribution >= 4 is 22.9 Å². The van der Waals surface area contributed by atoms with Gasteiger partial charge in [0, 0.05) is 17.8 Å². The van der Waals surface area contributed by atoms with Gasteiger partial charge in [0.05, 0.1) is 33.7 Å². The van der Waals surface area contributed by atoms with Crippen LogP contribution < -0.4 is 5.73 Å². The van der Waals surface area contributed by atoms with Gasteiger partial charge in [0.25, 0.3) is 0 Å². The van der Waals surface area contributed by atoms with Crippen molar-refractivity contribution in [1.82, 2.24) is 14.8 Å². The number of rotatable bonds is 4. The molecule has 1 unspecified atom stereocenters. The molecule has 2 aromatic rings. The number of hydrogen-bond acceptors (Lipinski definition) is 4. The Bertz CT molecular complexity index is 532. The molecule has 0 radical (unpaired) electrons. The van der Waals surface area contributed by atoms with Crippen LogP contribution in [-0.2, 0) is 6.42 Å². The number of hydrogen-bond donors (Lipinski definition) is 1. The standard InChI is InChI=1S/C12H17ClN4S/c1-7(2)17-12(10(13)5-15-17)11(14)4-9-6-18-8(3)16-9/h5-7,11H,4,14H2,1-3H3. The normalized spacial score (nSPS) is 13.2. The molecule has 2 N–H and O–H groups in total. The van der Waals surface area contributed by atoms with Crippen LogP contribution in [0.25, 0.3) is 0 Å². The highest BCUT2D eigenvalue weighted by Crippen LogP contribution is 2.26. The first kappa shape index (κ1) is 13.5. The molecule has 0 aromatic carbocycles. The first-order valence-corrected chi connectivity index (χ1v) is 7.14. The van der Waals surface area contributed by atoms with Gasteiger partial charge in [0.1, 0.15) is 0 Å². The molecule has 98 valence electrons. The van der Waals surface area contributed by atoms with Crippen LogP contribution in [0.2, 0.25) is 5.02 Å². The molecule has 4 nitrogen and oxygen atoms in total. The maximum absolute atomic E-state index is 6.24. The van der Waals surface area contributed by atoms with Crippen LogP contribution in [-0.4, -0.2) is 14.8 Å². The minimum Gasteiger partial charge on any atom is -0.322 e. The van der Waals surface area contributed by atoms with Crippen LogP contribution >= 0.6 is 22.9 Å². The van der Waals surface area contributed by atoms with E-state index in [9.17, 15) is 0 Å². The Morgan fingerprint density at radius 2 is 2.22 bits per heavy atom. The Morgan fingerprint density at radius 1 is 1.50 bits per heavy atom. The number of aryl methyl sites for hydroxylation is 1. The number of nitrogens with two attached hydrogens (primary N) is 1. The van der Waals surface area contributed by atoms with Gasteiger partial charge in [-0.05, 0) is 20.8 Å². The predicted octanol–water partition coefficient (Wildman–Crippen LogP) is 3.12. The Balaban J connectivity index is 2.23. The maximum Gasteiger partial charge on any atom is 0.0897 e. The van der Waals surface area contributed by atoms with E-state index in [0.717, 1.165) is 16.4 Å². The fraction of sp³-hybridized carbons (Fsp3) is 0.500. The predicted molar refractivity (Wildman–Crippen MR) is 75.1 cm³/mol. The topological polar surface area (TPSA) is 56.7 Å². The summed E-state index contributed by atoms with van der Waals surface area (Å²) in [5, 5.41) is 7.99. The second kappa shape index (κ2) is 5.38. The van der Waals surface area contributed by atoms with Crippen LogP contribution in [0.4, 0.5) is 0 Å². The van der Waals surface area contributed by atoms with E-state index in [1.165, 1.54) is 0 Å². The van der Waals surface area contributed by atoms with Crippen molar-refractivity contribution < 1.29 is 0 Å². The Labute approximate surface area is 116 Å². The molecule has 0 saturated carbocycles. The molecule has 0 aliphatic rings. The Morgan fingerprint density at radius 3 is 2.78 bits per heavy atom. The largest absolute Gasteiger partial charge is 0.322 e. The number of thiazole rings is 1. The minimum absolute atomic E-state index is 0.177. The van der Waals surface area contributed by atoms with Gasteiger partial charge in [-0.1, -0.05) is 11.6 Å². The second-order valence-corrected chi connectivity index (χ2v) is 6.05. The van der Waals surface area contributed by atoms with Gasteiger partial charge >= 0.3 is 0 Å². The highest BCUT2D eigenvalue weighted by atomic mass is 35.5. The molecular weight excluding hydrogens is 268 g/mol. The van der Waals surface area contributed by atoms with Crippen LogP contribution in [0.5, 0.6) is 0 Å². The van der Waals surface area contributed by atoms with Gasteiger partial charge in [0.15, 0.2) is 0 Å². The molecule has 18 heavy (non-hydrogen) atoms. The number of halogens is 1. The third-order valence-electron chi connectivity index (χ3n) is 2.72. The highest BCUT2D eigenvalue weighted by Gasteiger charge is 2.19. The zero-order valence-electron chi connectivity index (χ0n) is 10.7. The molecule has 0 aliphatic heterocycles. The first-order chi connectivity index (χ1) is 8.49. The summed E-state index contributed by atoms with van der Waals surface area (Å²) in [4.78, 5) is 4.43. The molecular formula is C12H17ClN4S. The van der Waals surface area contributed by atoms with Crippen LogP contribution in [0.1, 0.15) is 42.3 Å². The van der Waals surface area contributed by atoms with Crippen LogP contribution in [0.3, 0.4) is 0 Å². The van der Waals surface area contributed by atoms with E-state index < -0.39 is 0 Å². The van der Waals surface area contributed by atoms with Crippen molar-refractivity contribution in [1.29, 1.82) is 0 Å². The van der Waals surface area contributed by atoms with Crippen molar-refractivity contribution in [3.05, 3.63) is 33.0 Å². The average molecular weight is 285 g/mol. The number of nitrogens with zero attached hydrogens (tertiary/aromatic N) is 3. The van der Waals surface area contributed by atoms with Gasteiger partial charge in [-0.2, -0.15) is 5.10 Å². The summed E-state index contributed by atoms with van der Waals surface area (Å²) in [7, 11) is 0. The van der Waals surface area contributed by atoms with Gasteiger partial charge in [-0.25, -0.2) is 4.98 Å². The molecule has 6 heteroatoms. The smallest absolute Gasteiger partial charge is 0.0897 e. The molecule has 0 bridgehead atoms. The summed E-state index contributed by atoms with van der Waals surface area (Å²) in [5.74, 6) is 0. The average Bonchev–Trinajstić information content (AvgIpc) is 2.85. The highest BCUT2D eigenvalue weighted by molar-refractivity contribution is 7.09. The summed E-state index contributed by atoms with van der Waals surface area (Å²) in [6, 6.07) is 0.0691. The van der Waals surface area contributed by atoms with Crippen LogP contribution in [0, 0.1) is 6.92 Å². The van der Waals surface area contributed by atoms with E-state index in [-0.39, 0.29) is 12.1 Å². The molecule has 0 aliphatic carbocycles. The molecule has 2 aromatic heterocycles.